The molecule has 2 rings (SSSR count). The standard InChI is InChI=1S/C13H14N4O4/c1-20-11-2-4-12(5-3-11)21-7-6-14-13-15-8-10(9-16-13)17(18)19/h2-5,8-9H,6-7H2,1H3,(H,14,15,16). The maximum absolute atomic E-state index is 10.5. The van der Waals surface area contributed by atoms with Crippen LogP contribution in [0.1, 0.15) is 0 Å². The molecule has 0 fully saturated rings. The lowest BCUT2D eigenvalue weighted by Gasteiger charge is -2.08. The van der Waals surface area contributed by atoms with Gasteiger partial charge in [0, 0.05) is 0 Å². The van der Waals surface area contributed by atoms with Gasteiger partial charge in [0.05, 0.1) is 18.6 Å². The van der Waals surface area contributed by atoms with Crippen molar-refractivity contribution in [2.45, 2.75) is 0 Å². The number of aromatic nitrogens is 2. The van der Waals surface area contributed by atoms with Crippen molar-refractivity contribution in [1.82, 2.24) is 9.97 Å². The minimum Gasteiger partial charge on any atom is -0.497 e. The molecule has 1 N–H and O–H groups in total. The van der Waals surface area contributed by atoms with Gasteiger partial charge in [0.2, 0.25) is 5.95 Å². The molecule has 0 aliphatic carbocycles. The topological polar surface area (TPSA) is 99.4 Å². The van der Waals surface area contributed by atoms with Gasteiger partial charge in [-0.3, -0.25) is 10.1 Å². The highest BCUT2D eigenvalue weighted by Gasteiger charge is 2.06. The van der Waals surface area contributed by atoms with Crippen LogP contribution in [-0.4, -0.2) is 35.2 Å². The first-order valence-electron chi connectivity index (χ1n) is 6.16. The predicted octanol–water partition coefficient (Wildman–Crippen LogP) is 1.88. The molecule has 2 aromatic rings. The summed E-state index contributed by atoms with van der Waals surface area (Å²) in [5.74, 6) is 1.81. The Bertz CT molecular complexity index is 586. The van der Waals surface area contributed by atoms with Crippen LogP contribution in [0.2, 0.25) is 0 Å². The van der Waals surface area contributed by atoms with Crippen LogP contribution in [0.4, 0.5) is 11.6 Å². The SMILES string of the molecule is COc1ccc(OCCNc2ncc([N+](=O)[O-])cn2)cc1. The molecule has 110 valence electrons. The van der Waals surface area contributed by atoms with Gasteiger partial charge in [-0.25, -0.2) is 9.97 Å². The van der Waals surface area contributed by atoms with Crippen LogP contribution in [0.5, 0.6) is 11.5 Å². The maximum Gasteiger partial charge on any atom is 0.305 e. The first-order valence-corrected chi connectivity index (χ1v) is 6.16. The van der Waals surface area contributed by atoms with E-state index in [2.05, 4.69) is 15.3 Å². The lowest BCUT2D eigenvalue weighted by atomic mass is 10.3. The first-order chi connectivity index (χ1) is 10.2. The number of rotatable bonds is 7. The normalized spacial score (nSPS) is 9.95. The van der Waals surface area contributed by atoms with Gasteiger partial charge in [-0.1, -0.05) is 0 Å². The minimum absolute atomic E-state index is 0.143. The van der Waals surface area contributed by atoms with Crippen LogP contribution < -0.4 is 14.8 Å². The molecular weight excluding hydrogens is 276 g/mol. The summed E-state index contributed by atoms with van der Waals surface area (Å²) in [7, 11) is 1.60. The van der Waals surface area contributed by atoms with E-state index in [9.17, 15) is 10.1 Å². The average Bonchev–Trinajstić information content (AvgIpc) is 2.52. The highest BCUT2D eigenvalue weighted by Crippen LogP contribution is 2.16. The van der Waals surface area contributed by atoms with E-state index < -0.39 is 4.92 Å². The lowest BCUT2D eigenvalue weighted by molar-refractivity contribution is -0.385. The van der Waals surface area contributed by atoms with Crippen molar-refractivity contribution < 1.29 is 14.4 Å². The quantitative estimate of drug-likeness (QED) is 0.472. The Balaban J connectivity index is 1.74. The van der Waals surface area contributed by atoms with E-state index >= 15 is 0 Å². The number of hydrogen-bond acceptors (Lipinski definition) is 7. The van der Waals surface area contributed by atoms with E-state index in [0.717, 1.165) is 23.9 Å². The van der Waals surface area contributed by atoms with Gasteiger partial charge in [0.15, 0.2) is 0 Å². The zero-order chi connectivity index (χ0) is 15.1. The minimum atomic E-state index is -0.545. The van der Waals surface area contributed by atoms with E-state index in [1.54, 1.807) is 19.2 Å². The zero-order valence-corrected chi connectivity index (χ0v) is 11.4. The highest BCUT2D eigenvalue weighted by molar-refractivity contribution is 5.32. The number of ether oxygens (including phenoxy) is 2. The molecule has 1 aromatic heterocycles. The Labute approximate surface area is 120 Å². The van der Waals surface area contributed by atoms with Gasteiger partial charge >= 0.3 is 5.69 Å². The van der Waals surface area contributed by atoms with Crippen LogP contribution in [0.25, 0.3) is 0 Å². The van der Waals surface area contributed by atoms with Crippen LogP contribution in [0.15, 0.2) is 36.7 Å². The molecule has 0 saturated carbocycles. The van der Waals surface area contributed by atoms with Crippen LogP contribution in [-0.2, 0) is 0 Å². The van der Waals surface area contributed by atoms with E-state index in [0.29, 0.717) is 19.1 Å². The van der Waals surface area contributed by atoms with Crippen LogP contribution in [0, 0.1) is 10.1 Å². The van der Waals surface area contributed by atoms with Gasteiger partial charge in [-0.15, -0.1) is 0 Å². The van der Waals surface area contributed by atoms with Gasteiger partial charge in [0.25, 0.3) is 0 Å². The van der Waals surface area contributed by atoms with E-state index in [-0.39, 0.29) is 5.69 Å². The summed E-state index contributed by atoms with van der Waals surface area (Å²) in [6, 6.07) is 7.23. The molecule has 21 heavy (non-hydrogen) atoms. The summed E-state index contributed by atoms with van der Waals surface area (Å²) in [5.41, 5.74) is -0.143. The zero-order valence-electron chi connectivity index (χ0n) is 11.4. The molecule has 1 aromatic carbocycles. The van der Waals surface area contributed by atoms with Crippen LogP contribution >= 0.6 is 0 Å². The maximum atomic E-state index is 10.5. The second kappa shape index (κ2) is 7.04. The van der Waals surface area contributed by atoms with E-state index in [4.69, 9.17) is 9.47 Å². The summed E-state index contributed by atoms with van der Waals surface area (Å²) in [6.07, 6.45) is 2.30. The number of nitrogens with zero attached hydrogens (tertiary/aromatic N) is 3. The fraction of sp³-hybridized carbons (Fsp3) is 0.231. The predicted molar refractivity (Wildman–Crippen MR) is 75.7 cm³/mol. The summed E-state index contributed by atoms with van der Waals surface area (Å²) < 4.78 is 10.6. The number of nitro groups is 1. The highest BCUT2D eigenvalue weighted by atomic mass is 16.6. The molecule has 0 atom stereocenters. The molecule has 1 heterocycles. The van der Waals surface area contributed by atoms with Gasteiger partial charge in [0.1, 0.15) is 30.5 Å². The second-order valence-electron chi connectivity index (χ2n) is 3.97. The third-order valence-corrected chi connectivity index (χ3v) is 2.56. The second-order valence-corrected chi connectivity index (χ2v) is 3.97. The van der Waals surface area contributed by atoms with Crippen molar-refractivity contribution in [1.29, 1.82) is 0 Å². The largest absolute Gasteiger partial charge is 0.497 e. The molecule has 0 saturated heterocycles. The van der Waals surface area contributed by atoms with E-state index in [1.807, 2.05) is 12.1 Å². The Morgan fingerprint density at radius 2 is 1.81 bits per heavy atom. The molecule has 8 heteroatoms. The lowest BCUT2D eigenvalue weighted by Crippen LogP contribution is -2.13. The Morgan fingerprint density at radius 3 is 2.38 bits per heavy atom. The number of benzene rings is 1. The van der Waals surface area contributed by atoms with Gasteiger partial charge in [-0.2, -0.15) is 0 Å². The Kier molecular flexibility index (Phi) is 4.86. The van der Waals surface area contributed by atoms with Gasteiger partial charge < -0.3 is 14.8 Å². The third kappa shape index (κ3) is 4.30. The summed E-state index contributed by atoms with van der Waals surface area (Å²) in [6.45, 7) is 0.885. The molecule has 0 radical (unpaired) electrons. The van der Waals surface area contributed by atoms with Gasteiger partial charge in [-0.05, 0) is 24.3 Å². The molecule has 8 nitrogen and oxygen atoms in total. The Morgan fingerprint density at radius 1 is 1.19 bits per heavy atom. The van der Waals surface area contributed by atoms with Crippen molar-refractivity contribution in [3.05, 3.63) is 46.8 Å². The average molecular weight is 290 g/mol. The van der Waals surface area contributed by atoms with Crippen molar-refractivity contribution in [3.8, 4) is 11.5 Å². The Hall–Kier alpha value is -2.90. The van der Waals surface area contributed by atoms with Crippen LogP contribution in [0.3, 0.4) is 0 Å². The molecule has 0 unspecified atom stereocenters. The monoisotopic (exact) mass is 290 g/mol. The summed E-state index contributed by atoms with van der Waals surface area (Å²) in [4.78, 5) is 17.6. The molecular formula is C13H14N4O4. The number of anilines is 1. The fourth-order valence-corrected chi connectivity index (χ4v) is 1.51. The third-order valence-electron chi connectivity index (χ3n) is 2.56. The molecule has 0 spiro atoms. The molecule has 0 bridgehead atoms. The summed E-state index contributed by atoms with van der Waals surface area (Å²) >= 11 is 0. The smallest absolute Gasteiger partial charge is 0.305 e. The molecule has 0 aliphatic heterocycles. The molecule has 0 aliphatic rings. The summed E-state index contributed by atoms with van der Waals surface area (Å²) in [5, 5.41) is 13.4. The van der Waals surface area contributed by atoms with E-state index in [1.165, 1.54) is 0 Å². The fourth-order valence-electron chi connectivity index (χ4n) is 1.51. The van der Waals surface area contributed by atoms with Crippen molar-refractivity contribution in [2.75, 3.05) is 25.6 Å². The number of methoxy groups -OCH3 is 1. The first kappa shape index (κ1) is 14.5. The number of nitrogens with one attached hydrogen (secondary N) is 1. The number of hydrogen-bond donors (Lipinski definition) is 1. The van der Waals surface area contributed by atoms with Crippen molar-refractivity contribution in [2.24, 2.45) is 0 Å². The van der Waals surface area contributed by atoms with Crippen molar-refractivity contribution in [3.63, 3.8) is 0 Å². The molecule has 0 amide bonds. The van der Waals surface area contributed by atoms with Crippen molar-refractivity contribution >= 4 is 11.6 Å².